The predicted molar refractivity (Wildman–Crippen MR) is 117 cm³/mol. The minimum atomic E-state index is 0.165. The van der Waals surface area contributed by atoms with Gasteiger partial charge in [-0.1, -0.05) is 18.2 Å². The van der Waals surface area contributed by atoms with Gasteiger partial charge in [0.15, 0.2) is 11.5 Å². The molecule has 1 aliphatic carbocycles. The van der Waals surface area contributed by atoms with Crippen molar-refractivity contribution >= 4 is 5.69 Å². The number of rotatable bonds is 7. The number of nitrogens with two attached hydrogens (primary N) is 1. The van der Waals surface area contributed by atoms with Gasteiger partial charge >= 0.3 is 0 Å². The lowest BCUT2D eigenvalue weighted by Gasteiger charge is -2.22. The number of anilines is 1. The van der Waals surface area contributed by atoms with Crippen molar-refractivity contribution in [3.05, 3.63) is 83.7 Å². The van der Waals surface area contributed by atoms with Crippen LogP contribution in [-0.4, -0.2) is 18.2 Å². The van der Waals surface area contributed by atoms with Crippen LogP contribution in [0.3, 0.4) is 0 Å². The molecule has 1 fully saturated rings. The van der Waals surface area contributed by atoms with E-state index in [1.165, 1.54) is 29.5 Å². The second kappa shape index (κ2) is 8.99. The second-order valence-corrected chi connectivity index (χ2v) is 7.72. The summed E-state index contributed by atoms with van der Waals surface area (Å²) in [5, 5.41) is 0. The summed E-state index contributed by atoms with van der Waals surface area (Å²) in [6, 6.07) is 18.6. The van der Waals surface area contributed by atoms with Gasteiger partial charge in [0.1, 0.15) is 0 Å². The SMILES string of the molecule is COc1ccc(C(Cc2ccncc2)c2cccc(N)c2)cc1OC1CCCC1. The van der Waals surface area contributed by atoms with E-state index in [9.17, 15) is 0 Å². The van der Waals surface area contributed by atoms with Crippen molar-refractivity contribution in [2.45, 2.75) is 44.1 Å². The third-order valence-corrected chi connectivity index (χ3v) is 5.69. The van der Waals surface area contributed by atoms with Crippen molar-refractivity contribution in [2.24, 2.45) is 0 Å². The van der Waals surface area contributed by atoms with E-state index in [2.05, 4.69) is 41.4 Å². The summed E-state index contributed by atoms with van der Waals surface area (Å²) in [5.41, 5.74) is 10.5. The zero-order valence-electron chi connectivity index (χ0n) is 16.9. The molecule has 1 unspecified atom stereocenters. The van der Waals surface area contributed by atoms with E-state index in [0.29, 0.717) is 0 Å². The first-order valence-electron chi connectivity index (χ1n) is 10.3. The van der Waals surface area contributed by atoms with Gasteiger partial charge < -0.3 is 15.2 Å². The third-order valence-electron chi connectivity index (χ3n) is 5.69. The summed E-state index contributed by atoms with van der Waals surface area (Å²) in [6.07, 6.45) is 9.53. The largest absolute Gasteiger partial charge is 0.493 e. The van der Waals surface area contributed by atoms with Gasteiger partial charge in [0.25, 0.3) is 0 Å². The average molecular weight is 389 g/mol. The summed E-state index contributed by atoms with van der Waals surface area (Å²) in [6.45, 7) is 0. The van der Waals surface area contributed by atoms with Crippen LogP contribution in [0.1, 0.15) is 48.3 Å². The summed E-state index contributed by atoms with van der Waals surface area (Å²) in [4.78, 5) is 4.15. The number of nitrogens with zero attached hydrogens (tertiary/aromatic N) is 1. The Balaban J connectivity index is 1.71. The molecule has 150 valence electrons. The molecule has 1 heterocycles. The molecule has 2 N–H and O–H groups in total. The molecule has 0 saturated heterocycles. The molecular formula is C25H28N2O2. The highest BCUT2D eigenvalue weighted by Gasteiger charge is 2.21. The Labute approximate surface area is 172 Å². The van der Waals surface area contributed by atoms with Crippen LogP contribution in [0.4, 0.5) is 5.69 Å². The minimum Gasteiger partial charge on any atom is -0.493 e. The standard InChI is InChI=1S/C25H28N2O2/c1-28-24-10-9-20(17-25(24)29-22-7-2-3-8-22)23(15-18-11-13-27-14-12-18)19-5-4-6-21(26)16-19/h4-6,9-14,16-17,22-23H,2-3,7-8,15,26H2,1H3. The molecule has 2 aromatic carbocycles. The lowest BCUT2D eigenvalue weighted by atomic mass is 9.86. The van der Waals surface area contributed by atoms with Crippen LogP contribution in [-0.2, 0) is 6.42 Å². The lowest BCUT2D eigenvalue weighted by Crippen LogP contribution is -2.12. The van der Waals surface area contributed by atoms with Gasteiger partial charge in [-0.05, 0) is 85.2 Å². The maximum Gasteiger partial charge on any atom is 0.161 e. The van der Waals surface area contributed by atoms with E-state index in [0.717, 1.165) is 36.4 Å². The Morgan fingerprint density at radius 2 is 1.72 bits per heavy atom. The summed E-state index contributed by atoms with van der Waals surface area (Å²) in [7, 11) is 1.70. The molecule has 4 rings (SSSR count). The molecular weight excluding hydrogens is 360 g/mol. The Hall–Kier alpha value is -3.01. The van der Waals surface area contributed by atoms with E-state index in [-0.39, 0.29) is 12.0 Å². The van der Waals surface area contributed by atoms with Crippen molar-refractivity contribution in [1.82, 2.24) is 4.98 Å². The van der Waals surface area contributed by atoms with Crippen LogP contribution in [0.5, 0.6) is 11.5 Å². The first-order chi connectivity index (χ1) is 14.2. The molecule has 1 atom stereocenters. The minimum absolute atomic E-state index is 0.165. The molecule has 1 aliphatic rings. The lowest BCUT2D eigenvalue weighted by molar-refractivity contribution is 0.200. The summed E-state index contributed by atoms with van der Waals surface area (Å²) < 4.78 is 11.9. The van der Waals surface area contributed by atoms with Gasteiger partial charge in [-0.3, -0.25) is 4.98 Å². The molecule has 1 aromatic heterocycles. The van der Waals surface area contributed by atoms with Gasteiger partial charge in [0.2, 0.25) is 0 Å². The number of ether oxygens (including phenoxy) is 2. The maximum atomic E-state index is 6.34. The topological polar surface area (TPSA) is 57.4 Å². The fourth-order valence-electron chi connectivity index (χ4n) is 4.15. The van der Waals surface area contributed by atoms with Gasteiger partial charge in [0, 0.05) is 24.0 Å². The molecule has 4 nitrogen and oxygen atoms in total. The first-order valence-corrected chi connectivity index (χ1v) is 10.3. The number of nitrogen functional groups attached to an aromatic ring is 1. The Kier molecular flexibility index (Phi) is 5.99. The highest BCUT2D eigenvalue weighted by Crippen LogP contribution is 2.37. The van der Waals surface area contributed by atoms with E-state index in [4.69, 9.17) is 15.2 Å². The number of hydrogen-bond acceptors (Lipinski definition) is 4. The van der Waals surface area contributed by atoms with Crippen LogP contribution in [0.15, 0.2) is 67.0 Å². The van der Waals surface area contributed by atoms with E-state index < -0.39 is 0 Å². The molecule has 0 radical (unpaired) electrons. The second-order valence-electron chi connectivity index (χ2n) is 7.72. The van der Waals surface area contributed by atoms with Gasteiger partial charge in [0.05, 0.1) is 13.2 Å². The Morgan fingerprint density at radius 3 is 2.45 bits per heavy atom. The average Bonchev–Trinajstić information content (AvgIpc) is 3.26. The highest BCUT2D eigenvalue weighted by atomic mass is 16.5. The molecule has 1 saturated carbocycles. The van der Waals surface area contributed by atoms with E-state index in [1.807, 2.05) is 30.6 Å². The predicted octanol–water partition coefficient (Wildman–Crippen LogP) is 5.37. The van der Waals surface area contributed by atoms with Crippen LogP contribution in [0.25, 0.3) is 0 Å². The number of methoxy groups -OCH3 is 1. The summed E-state index contributed by atoms with van der Waals surface area (Å²) in [5.74, 6) is 1.79. The van der Waals surface area contributed by atoms with Gasteiger partial charge in [-0.25, -0.2) is 0 Å². The smallest absolute Gasteiger partial charge is 0.161 e. The first kappa shape index (κ1) is 19.3. The number of benzene rings is 2. The normalized spacial score (nSPS) is 15.2. The fourth-order valence-corrected chi connectivity index (χ4v) is 4.15. The zero-order chi connectivity index (χ0) is 20.1. The van der Waals surface area contributed by atoms with Crippen molar-refractivity contribution in [3.63, 3.8) is 0 Å². The molecule has 4 heteroatoms. The number of aromatic nitrogens is 1. The highest BCUT2D eigenvalue weighted by molar-refractivity contribution is 5.49. The Morgan fingerprint density at radius 1 is 0.966 bits per heavy atom. The molecule has 0 bridgehead atoms. The molecule has 3 aromatic rings. The Bertz CT molecular complexity index is 937. The fraction of sp³-hybridized carbons (Fsp3) is 0.320. The number of pyridine rings is 1. The van der Waals surface area contributed by atoms with Crippen LogP contribution in [0.2, 0.25) is 0 Å². The monoisotopic (exact) mass is 388 g/mol. The third kappa shape index (κ3) is 4.70. The maximum absolute atomic E-state index is 6.34. The van der Waals surface area contributed by atoms with Crippen LogP contribution in [0, 0.1) is 0 Å². The van der Waals surface area contributed by atoms with Gasteiger partial charge in [-0.15, -0.1) is 0 Å². The molecule has 29 heavy (non-hydrogen) atoms. The van der Waals surface area contributed by atoms with Crippen molar-refractivity contribution < 1.29 is 9.47 Å². The van der Waals surface area contributed by atoms with Crippen LogP contribution >= 0.6 is 0 Å². The van der Waals surface area contributed by atoms with Crippen LogP contribution < -0.4 is 15.2 Å². The molecule has 0 amide bonds. The molecule has 0 aliphatic heterocycles. The number of hydrogen-bond donors (Lipinski definition) is 1. The van der Waals surface area contributed by atoms with E-state index in [1.54, 1.807) is 7.11 Å². The summed E-state index contributed by atoms with van der Waals surface area (Å²) >= 11 is 0. The van der Waals surface area contributed by atoms with Crippen molar-refractivity contribution in [2.75, 3.05) is 12.8 Å². The van der Waals surface area contributed by atoms with Crippen molar-refractivity contribution in [1.29, 1.82) is 0 Å². The van der Waals surface area contributed by atoms with Gasteiger partial charge in [-0.2, -0.15) is 0 Å². The van der Waals surface area contributed by atoms with E-state index >= 15 is 0 Å². The van der Waals surface area contributed by atoms with Crippen molar-refractivity contribution in [3.8, 4) is 11.5 Å². The zero-order valence-corrected chi connectivity index (χ0v) is 16.9. The molecule has 0 spiro atoms. The quantitative estimate of drug-likeness (QED) is 0.553.